The fourth-order valence-electron chi connectivity index (χ4n) is 4.11. The highest BCUT2D eigenvalue weighted by Gasteiger charge is 2.36. The van der Waals surface area contributed by atoms with E-state index >= 15 is 0 Å². The molecule has 0 radical (unpaired) electrons. The molecule has 0 N–H and O–H groups in total. The van der Waals surface area contributed by atoms with E-state index in [0.717, 1.165) is 11.1 Å². The van der Waals surface area contributed by atoms with Crippen LogP contribution < -0.4 is 5.43 Å². The molecule has 0 unspecified atom stereocenters. The first kappa shape index (κ1) is 21.6. The molecule has 1 atom stereocenters. The summed E-state index contributed by atoms with van der Waals surface area (Å²) >= 11 is 6.29. The fourth-order valence-corrected chi connectivity index (χ4v) is 6.04. The van der Waals surface area contributed by atoms with Crippen LogP contribution in [-0.4, -0.2) is 36.8 Å². The smallest absolute Gasteiger partial charge is 0.290 e. The van der Waals surface area contributed by atoms with E-state index in [1.54, 1.807) is 30.3 Å². The molecule has 1 amide bonds. The summed E-state index contributed by atoms with van der Waals surface area (Å²) in [6, 6.07) is 11.4. The third-order valence-corrected chi connectivity index (χ3v) is 7.71. The molecule has 1 saturated heterocycles. The van der Waals surface area contributed by atoms with E-state index in [1.807, 2.05) is 19.9 Å². The summed E-state index contributed by atoms with van der Waals surface area (Å²) < 4.78 is 30.0. The van der Waals surface area contributed by atoms with Crippen molar-refractivity contribution in [1.29, 1.82) is 0 Å². The normalized spacial score (nSPS) is 17.7. The number of carbonyl (C=O) groups is 1. The first-order valence-corrected chi connectivity index (χ1v) is 12.1. The van der Waals surface area contributed by atoms with Gasteiger partial charge in [0.15, 0.2) is 21.0 Å². The zero-order valence-corrected chi connectivity index (χ0v) is 18.8. The van der Waals surface area contributed by atoms with Gasteiger partial charge in [0, 0.05) is 23.7 Å². The van der Waals surface area contributed by atoms with E-state index in [-0.39, 0.29) is 29.2 Å². The van der Waals surface area contributed by atoms with Gasteiger partial charge in [-0.1, -0.05) is 35.9 Å². The second-order valence-electron chi connectivity index (χ2n) is 8.01. The van der Waals surface area contributed by atoms with Crippen LogP contribution in [0.3, 0.4) is 0 Å². The average molecular weight is 460 g/mol. The number of sulfone groups is 1. The molecule has 0 bridgehead atoms. The van der Waals surface area contributed by atoms with Gasteiger partial charge in [-0.25, -0.2) is 8.42 Å². The minimum Gasteiger partial charge on any atom is -0.451 e. The summed E-state index contributed by atoms with van der Waals surface area (Å²) in [4.78, 5) is 27.7. The largest absolute Gasteiger partial charge is 0.451 e. The molecule has 6 nitrogen and oxygen atoms in total. The quantitative estimate of drug-likeness (QED) is 0.590. The second kappa shape index (κ2) is 8.13. The molecule has 2 heterocycles. The number of amides is 1. The number of nitrogens with zero attached hydrogens (tertiary/aromatic N) is 1. The molecule has 0 saturated carbocycles. The predicted octanol–water partition coefficient (Wildman–Crippen LogP) is 3.89. The molecule has 0 spiro atoms. The maximum Gasteiger partial charge on any atom is 0.290 e. The summed E-state index contributed by atoms with van der Waals surface area (Å²) in [5.41, 5.74) is 2.41. The molecule has 0 aliphatic carbocycles. The lowest BCUT2D eigenvalue weighted by Gasteiger charge is -2.28. The monoisotopic (exact) mass is 459 g/mol. The molecule has 4 rings (SSSR count). The van der Waals surface area contributed by atoms with Crippen LogP contribution in [0.15, 0.2) is 51.7 Å². The van der Waals surface area contributed by atoms with E-state index in [2.05, 4.69) is 0 Å². The zero-order valence-electron chi connectivity index (χ0n) is 17.2. The highest BCUT2D eigenvalue weighted by atomic mass is 35.5. The van der Waals surface area contributed by atoms with E-state index in [1.165, 1.54) is 11.0 Å². The topological polar surface area (TPSA) is 84.7 Å². The van der Waals surface area contributed by atoms with Gasteiger partial charge in [0.05, 0.1) is 16.9 Å². The summed E-state index contributed by atoms with van der Waals surface area (Å²) in [7, 11) is -3.23. The van der Waals surface area contributed by atoms with Crippen LogP contribution in [0.2, 0.25) is 5.02 Å². The summed E-state index contributed by atoms with van der Waals surface area (Å²) in [5, 5.41) is 0.913. The lowest BCUT2D eigenvalue weighted by atomic mass is 10.1. The van der Waals surface area contributed by atoms with Crippen molar-refractivity contribution in [1.82, 2.24) is 4.90 Å². The minimum absolute atomic E-state index is 0.0179. The maximum atomic E-state index is 13.5. The van der Waals surface area contributed by atoms with Crippen molar-refractivity contribution in [2.45, 2.75) is 32.9 Å². The van der Waals surface area contributed by atoms with Crippen molar-refractivity contribution in [2.24, 2.45) is 0 Å². The van der Waals surface area contributed by atoms with Crippen LogP contribution in [-0.2, 0) is 16.4 Å². The van der Waals surface area contributed by atoms with Crippen LogP contribution in [0.1, 0.15) is 33.7 Å². The standard InChI is InChI=1S/C23H22ClNO5S/c1-14-9-15(2)22-19(26)11-21(30-20(22)10-14)23(27)25(17-7-8-31(28,29)13-17)12-16-5-3-4-6-18(16)24/h3-6,9-11,17H,7-8,12-13H2,1-2H3/t17-/m0/s1. The Morgan fingerprint density at radius 3 is 2.61 bits per heavy atom. The fraction of sp³-hybridized carbons (Fsp3) is 0.304. The van der Waals surface area contributed by atoms with Gasteiger partial charge in [-0.05, 0) is 49.1 Å². The van der Waals surface area contributed by atoms with Crippen molar-refractivity contribution in [2.75, 3.05) is 11.5 Å². The van der Waals surface area contributed by atoms with Crippen molar-refractivity contribution < 1.29 is 17.6 Å². The molecule has 8 heteroatoms. The van der Waals surface area contributed by atoms with Crippen LogP contribution in [0.4, 0.5) is 0 Å². The second-order valence-corrected chi connectivity index (χ2v) is 10.6. The SMILES string of the molecule is Cc1cc(C)c2c(=O)cc(C(=O)N(Cc3ccccc3Cl)[C@H]3CCS(=O)(=O)C3)oc2c1. The van der Waals surface area contributed by atoms with Crippen molar-refractivity contribution in [3.05, 3.63) is 80.2 Å². The van der Waals surface area contributed by atoms with Crippen LogP contribution in [0.5, 0.6) is 0 Å². The zero-order chi connectivity index (χ0) is 22.3. The Hall–Kier alpha value is -2.64. The van der Waals surface area contributed by atoms with Gasteiger partial charge in [0.1, 0.15) is 5.58 Å². The number of rotatable bonds is 4. The maximum absolute atomic E-state index is 13.5. The number of benzene rings is 2. The van der Waals surface area contributed by atoms with Crippen LogP contribution >= 0.6 is 11.6 Å². The molecule has 2 aromatic carbocycles. The molecule has 1 fully saturated rings. The Balaban J connectivity index is 1.78. The molecular formula is C23H22ClNO5S. The van der Waals surface area contributed by atoms with Gasteiger partial charge in [-0.2, -0.15) is 0 Å². The molecule has 3 aromatic rings. The third kappa shape index (κ3) is 4.38. The number of aryl methyl sites for hydroxylation is 2. The molecule has 1 aromatic heterocycles. The number of halogens is 1. The van der Waals surface area contributed by atoms with Gasteiger partial charge in [-0.15, -0.1) is 0 Å². The van der Waals surface area contributed by atoms with Gasteiger partial charge in [0.25, 0.3) is 5.91 Å². The van der Waals surface area contributed by atoms with Gasteiger partial charge >= 0.3 is 0 Å². The van der Waals surface area contributed by atoms with Crippen molar-refractivity contribution in [3.63, 3.8) is 0 Å². The van der Waals surface area contributed by atoms with Gasteiger partial charge in [-0.3, -0.25) is 9.59 Å². The lowest BCUT2D eigenvalue weighted by molar-refractivity contribution is 0.0648. The Kier molecular flexibility index (Phi) is 5.66. The summed E-state index contributed by atoms with van der Waals surface area (Å²) in [6.07, 6.45) is 0.328. The van der Waals surface area contributed by atoms with E-state index in [9.17, 15) is 18.0 Å². The highest BCUT2D eigenvalue weighted by molar-refractivity contribution is 7.91. The van der Waals surface area contributed by atoms with E-state index in [4.69, 9.17) is 16.0 Å². The minimum atomic E-state index is -3.23. The highest BCUT2D eigenvalue weighted by Crippen LogP contribution is 2.26. The van der Waals surface area contributed by atoms with E-state index < -0.39 is 21.8 Å². The third-order valence-electron chi connectivity index (χ3n) is 5.59. The Bertz CT molecular complexity index is 1350. The Morgan fingerprint density at radius 1 is 1.19 bits per heavy atom. The van der Waals surface area contributed by atoms with E-state index in [0.29, 0.717) is 28.0 Å². The summed E-state index contributed by atoms with van der Waals surface area (Å²) in [6.45, 7) is 3.82. The van der Waals surface area contributed by atoms with Gasteiger partial charge in [0.2, 0.25) is 0 Å². The number of hydrogen-bond donors (Lipinski definition) is 0. The van der Waals surface area contributed by atoms with Crippen LogP contribution in [0, 0.1) is 13.8 Å². The van der Waals surface area contributed by atoms with Gasteiger partial charge < -0.3 is 9.32 Å². The first-order valence-electron chi connectivity index (χ1n) is 9.94. The lowest BCUT2D eigenvalue weighted by Crippen LogP contribution is -2.41. The Labute approximate surface area is 185 Å². The Morgan fingerprint density at radius 2 is 1.94 bits per heavy atom. The molecular weight excluding hydrogens is 438 g/mol. The van der Waals surface area contributed by atoms with Crippen molar-refractivity contribution >= 4 is 38.3 Å². The van der Waals surface area contributed by atoms with Crippen LogP contribution in [0.25, 0.3) is 11.0 Å². The number of fused-ring (bicyclic) bond motifs is 1. The average Bonchev–Trinajstić information content (AvgIpc) is 3.05. The number of hydrogen-bond acceptors (Lipinski definition) is 5. The molecule has 31 heavy (non-hydrogen) atoms. The first-order chi connectivity index (χ1) is 14.6. The predicted molar refractivity (Wildman–Crippen MR) is 120 cm³/mol. The molecule has 162 valence electrons. The molecule has 1 aliphatic rings. The molecule has 1 aliphatic heterocycles. The van der Waals surface area contributed by atoms with Crippen molar-refractivity contribution in [3.8, 4) is 0 Å². The number of carbonyl (C=O) groups excluding carboxylic acids is 1. The summed E-state index contributed by atoms with van der Waals surface area (Å²) in [5.74, 6) is -0.748.